The van der Waals surface area contributed by atoms with Crippen molar-refractivity contribution in [3.8, 4) is 0 Å². The zero-order valence-electron chi connectivity index (χ0n) is 12.8. The average Bonchev–Trinajstić information content (AvgIpc) is 3.30. The van der Waals surface area contributed by atoms with Crippen molar-refractivity contribution in [2.45, 2.75) is 6.10 Å². The molecule has 1 aliphatic rings. The highest BCUT2D eigenvalue weighted by Gasteiger charge is 2.21. The molecule has 0 fully saturated rings. The second-order valence-corrected chi connectivity index (χ2v) is 5.30. The van der Waals surface area contributed by atoms with E-state index in [2.05, 4.69) is 35.7 Å². The number of aromatic nitrogens is 5. The van der Waals surface area contributed by atoms with Gasteiger partial charge in [0.2, 0.25) is 5.56 Å². The van der Waals surface area contributed by atoms with Crippen LogP contribution in [0.2, 0.25) is 0 Å². The fourth-order valence-electron chi connectivity index (χ4n) is 2.46. The molecule has 3 aromatic heterocycles. The van der Waals surface area contributed by atoms with Gasteiger partial charge in [0.05, 0.1) is 12.2 Å². The fraction of sp³-hybridized carbons (Fsp3) is 0.133. The lowest BCUT2D eigenvalue weighted by atomic mass is 10.2. The summed E-state index contributed by atoms with van der Waals surface area (Å²) in [5.41, 5.74) is 3.65. The van der Waals surface area contributed by atoms with Gasteiger partial charge >= 0.3 is 0 Å². The Labute approximate surface area is 140 Å². The Morgan fingerprint density at radius 1 is 1.28 bits per heavy atom. The minimum Gasteiger partial charge on any atom is -0.346 e. The van der Waals surface area contributed by atoms with Crippen LogP contribution in [-0.2, 0) is 4.84 Å². The molecule has 1 unspecified atom stereocenters. The van der Waals surface area contributed by atoms with Gasteiger partial charge < -0.3 is 15.3 Å². The fourth-order valence-corrected chi connectivity index (χ4v) is 2.46. The van der Waals surface area contributed by atoms with E-state index in [1.807, 2.05) is 6.08 Å². The molecule has 0 bridgehead atoms. The Morgan fingerprint density at radius 3 is 3.04 bits per heavy atom. The molecule has 0 spiro atoms. The molecular weight excluding hydrogens is 326 g/mol. The number of rotatable bonds is 4. The molecule has 10 heteroatoms. The monoisotopic (exact) mass is 339 g/mol. The third-order valence-electron chi connectivity index (χ3n) is 3.64. The normalized spacial score (nSPS) is 16.5. The molecule has 4 rings (SSSR count). The Hall–Kier alpha value is -3.53. The van der Waals surface area contributed by atoms with E-state index >= 15 is 0 Å². The van der Waals surface area contributed by atoms with Crippen LogP contribution in [0.25, 0.3) is 11.0 Å². The summed E-state index contributed by atoms with van der Waals surface area (Å²) >= 11 is 0. The minimum absolute atomic E-state index is 0.184. The summed E-state index contributed by atoms with van der Waals surface area (Å²) in [6.45, 7) is 0.227. The maximum atomic E-state index is 12.4. The number of imidazole rings is 1. The molecule has 0 radical (unpaired) electrons. The molecule has 4 N–H and O–H groups in total. The topological polar surface area (TPSA) is 138 Å². The number of H-pyrrole nitrogens is 2. The highest BCUT2D eigenvalue weighted by molar-refractivity contribution is 6.03. The SMILES string of the molecule is O=C(NCC1=CC(c2ncc[nH]2)ON1)c1ncnc2[nH]c(=O)ccc12. The van der Waals surface area contributed by atoms with Crippen molar-refractivity contribution in [1.82, 2.24) is 35.7 Å². The van der Waals surface area contributed by atoms with Gasteiger partial charge in [0.15, 0.2) is 6.10 Å². The van der Waals surface area contributed by atoms with Crippen LogP contribution in [0, 0.1) is 0 Å². The summed E-state index contributed by atoms with van der Waals surface area (Å²) in [4.78, 5) is 46.7. The van der Waals surface area contributed by atoms with Gasteiger partial charge in [0, 0.05) is 23.8 Å². The van der Waals surface area contributed by atoms with E-state index in [1.54, 1.807) is 12.4 Å². The van der Waals surface area contributed by atoms with Crippen molar-refractivity contribution in [3.63, 3.8) is 0 Å². The summed E-state index contributed by atoms with van der Waals surface area (Å²) < 4.78 is 0. The van der Waals surface area contributed by atoms with Crippen LogP contribution < -0.4 is 16.4 Å². The van der Waals surface area contributed by atoms with Crippen molar-refractivity contribution in [3.05, 3.63) is 64.5 Å². The summed E-state index contributed by atoms with van der Waals surface area (Å²) in [6.07, 6.45) is 6.05. The first-order valence-corrected chi connectivity index (χ1v) is 7.44. The highest BCUT2D eigenvalue weighted by atomic mass is 16.7. The molecule has 3 aromatic rings. The number of amides is 1. The van der Waals surface area contributed by atoms with E-state index in [1.165, 1.54) is 18.5 Å². The number of carbonyl (C=O) groups excluding carboxylic acids is 1. The number of nitrogens with zero attached hydrogens (tertiary/aromatic N) is 3. The molecule has 0 saturated carbocycles. The predicted molar refractivity (Wildman–Crippen MR) is 86.1 cm³/mol. The quantitative estimate of drug-likeness (QED) is 0.522. The first-order valence-electron chi connectivity index (χ1n) is 7.44. The van der Waals surface area contributed by atoms with Gasteiger partial charge in [-0.2, -0.15) is 0 Å². The Morgan fingerprint density at radius 2 is 2.20 bits per heavy atom. The summed E-state index contributed by atoms with van der Waals surface area (Å²) in [5, 5.41) is 3.22. The van der Waals surface area contributed by atoms with E-state index in [0.717, 1.165) is 0 Å². The maximum Gasteiger partial charge on any atom is 0.271 e. The number of nitrogens with one attached hydrogen (secondary N) is 4. The Kier molecular flexibility index (Phi) is 3.71. The van der Waals surface area contributed by atoms with Gasteiger partial charge in [-0.1, -0.05) is 0 Å². The number of hydroxylamine groups is 1. The van der Waals surface area contributed by atoms with Crippen molar-refractivity contribution >= 4 is 16.9 Å². The van der Waals surface area contributed by atoms with E-state index in [0.29, 0.717) is 22.6 Å². The number of fused-ring (bicyclic) bond motifs is 1. The number of aromatic amines is 2. The third-order valence-corrected chi connectivity index (χ3v) is 3.64. The van der Waals surface area contributed by atoms with Crippen LogP contribution in [0.3, 0.4) is 0 Å². The van der Waals surface area contributed by atoms with Crippen molar-refractivity contribution in [2.75, 3.05) is 6.54 Å². The molecule has 1 aliphatic heterocycles. The van der Waals surface area contributed by atoms with Crippen molar-refractivity contribution < 1.29 is 9.63 Å². The molecule has 0 saturated heterocycles. The summed E-state index contributed by atoms with van der Waals surface area (Å²) in [5.74, 6) is 0.281. The number of pyridine rings is 1. The lowest BCUT2D eigenvalue weighted by Crippen LogP contribution is -2.29. The molecular formula is C15H13N7O3. The Bertz CT molecular complexity index is 1010. The van der Waals surface area contributed by atoms with E-state index in [9.17, 15) is 9.59 Å². The van der Waals surface area contributed by atoms with Crippen molar-refractivity contribution in [1.29, 1.82) is 0 Å². The number of hydrogen-bond donors (Lipinski definition) is 4. The lowest BCUT2D eigenvalue weighted by Gasteiger charge is -2.07. The summed E-state index contributed by atoms with van der Waals surface area (Å²) in [7, 11) is 0. The van der Waals surface area contributed by atoms with Crippen molar-refractivity contribution in [2.24, 2.45) is 0 Å². The number of hydrogen-bond acceptors (Lipinski definition) is 7. The largest absolute Gasteiger partial charge is 0.346 e. The molecule has 1 amide bonds. The zero-order chi connectivity index (χ0) is 17.2. The molecule has 25 heavy (non-hydrogen) atoms. The standard InChI is InChI=1S/C15H13N7O3/c23-11-2-1-9-12(19-7-20-13(9)21-11)15(24)18-6-8-5-10(25-22-8)14-16-3-4-17-14/h1-5,7,10,22H,6H2,(H,16,17)(H,18,24)(H,19,20,21,23). The highest BCUT2D eigenvalue weighted by Crippen LogP contribution is 2.20. The molecule has 10 nitrogen and oxygen atoms in total. The van der Waals surface area contributed by atoms with Crippen LogP contribution in [0.5, 0.6) is 0 Å². The van der Waals surface area contributed by atoms with Gasteiger partial charge in [-0.25, -0.2) is 15.0 Å². The smallest absolute Gasteiger partial charge is 0.271 e. The third kappa shape index (κ3) is 2.97. The first-order chi connectivity index (χ1) is 12.2. The van der Waals surface area contributed by atoms with Crippen LogP contribution in [-0.4, -0.2) is 37.4 Å². The lowest BCUT2D eigenvalue weighted by molar-refractivity contribution is 0.0368. The van der Waals surface area contributed by atoms with Gasteiger partial charge in [-0.15, -0.1) is 0 Å². The number of carbonyl (C=O) groups is 1. The van der Waals surface area contributed by atoms with Crippen LogP contribution >= 0.6 is 0 Å². The van der Waals surface area contributed by atoms with E-state index in [4.69, 9.17) is 4.84 Å². The van der Waals surface area contributed by atoms with Gasteiger partial charge in [0.25, 0.3) is 5.91 Å². The average molecular weight is 339 g/mol. The molecule has 4 heterocycles. The molecule has 0 aromatic carbocycles. The first kappa shape index (κ1) is 15.0. The summed E-state index contributed by atoms with van der Waals surface area (Å²) in [6, 6.07) is 2.84. The van der Waals surface area contributed by atoms with E-state index < -0.39 is 0 Å². The van der Waals surface area contributed by atoms with Gasteiger partial charge in [0.1, 0.15) is 23.5 Å². The van der Waals surface area contributed by atoms with Crippen LogP contribution in [0.15, 0.2) is 47.4 Å². The van der Waals surface area contributed by atoms with Gasteiger partial charge in [-0.3, -0.25) is 19.9 Å². The molecule has 1 atom stereocenters. The van der Waals surface area contributed by atoms with E-state index in [-0.39, 0.29) is 29.8 Å². The second kappa shape index (κ2) is 6.17. The Balaban J connectivity index is 1.48. The maximum absolute atomic E-state index is 12.4. The molecule has 0 aliphatic carbocycles. The van der Waals surface area contributed by atoms with Crippen LogP contribution in [0.4, 0.5) is 0 Å². The van der Waals surface area contributed by atoms with Crippen LogP contribution in [0.1, 0.15) is 22.4 Å². The molecule has 126 valence electrons. The zero-order valence-corrected chi connectivity index (χ0v) is 12.8. The van der Waals surface area contributed by atoms with Gasteiger partial charge in [-0.05, 0) is 12.1 Å². The minimum atomic E-state index is -0.386. The second-order valence-electron chi connectivity index (χ2n) is 5.30. The predicted octanol–water partition coefficient (Wildman–Crippen LogP) is -0.0690.